The number of rotatable bonds is 1. The van der Waals surface area contributed by atoms with Gasteiger partial charge in [0.05, 0.1) is 5.60 Å². The van der Waals surface area contributed by atoms with E-state index in [-0.39, 0.29) is 0 Å². The molecule has 0 aliphatic heterocycles. The van der Waals surface area contributed by atoms with E-state index < -0.39 is 5.60 Å². The number of fused-ring (bicyclic) bond motifs is 1. The Hall–Kier alpha value is -0.300. The molecule has 0 heterocycles. The lowest BCUT2D eigenvalue weighted by molar-refractivity contribution is -0.0154. The summed E-state index contributed by atoms with van der Waals surface area (Å²) in [6.45, 7) is 8.96. The molecule has 0 aromatic rings. The summed E-state index contributed by atoms with van der Waals surface area (Å²) in [4.78, 5) is 0. The van der Waals surface area contributed by atoms with Gasteiger partial charge in [0.2, 0.25) is 0 Å². The quantitative estimate of drug-likeness (QED) is 0.669. The van der Waals surface area contributed by atoms with Crippen LogP contribution in [0, 0.1) is 23.7 Å². The molecule has 16 heavy (non-hydrogen) atoms. The number of aliphatic hydroxyl groups is 1. The molecule has 2 rings (SSSR count). The Morgan fingerprint density at radius 1 is 1.44 bits per heavy atom. The molecule has 2 aliphatic carbocycles. The highest BCUT2D eigenvalue weighted by molar-refractivity contribution is 5.17. The molecule has 1 fully saturated rings. The normalized spacial score (nSPS) is 44.1. The third kappa shape index (κ3) is 2.07. The SMILES string of the molecule is CC1=CC[C@H]2[C@H]1C[C@@H](C(C)C)CC[C@]2(C)O. The van der Waals surface area contributed by atoms with Crippen LogP contribution in [-0.4, -0.2) is 10.7 Å². The summed E-state index contributed by atoms with van der Waals surface area (Å²) in [6, 6.07) is 0. The first kappa shape index (κ1) is 12.2. The summed E-state index contributed by atoms with van der Waals surface area (Å²) in [6.07, 6.45) is 6.92. The Balaban J connectivity index is 2.21. The third-order valence-corrected chi connectivity index (χ3v) is 5.08. The van der Waals surface area contributed by atoms with Crippen molar-refractivity contribution in [2.24, 2.45) is 23.7 Å². The van der Waals surface area contributed by atoms with Crippen molar-refractivity contribution in [1.82, 2.24) is 0 Å². The summed E-state index contributed by atoms with van der Waals surface area (Å²) in [7, 11) is 0. The molecule has 1 nitrogen and oxygen atoms in total. The van der Waals surface area contributed by atoms with Gasteiger partial charge in [-0.3, -0.25) is 0 Å². The van der Waals surface area contributed by atoms with Crippen molar-refractivity contribution in [3.8, 4) is 0 Å². The van der Waals surface area contributed by atoms with Gasteiger partial charge < -0.3 is 5.11 Å². The Labute approximate surface area is 99.9 Å². The van der Waals surface area contributed by atoms with Crippen LogP contribution in [-0.2, 0) is 0 Å². The van der Waals surface area contributed by atoms with Crippen molar-refractivity contribution in [2.45, 2.75) is 59.0 Å². The fourth-order valence-corrected chi connectivity index (χ4v) is 3.70. The molecule has 0 aromatic heterocycles. The lowest BCUT2D eigenvalue weighted by atomic mass is 9.77. The predicted octanol–water partition coefficient (Wildman–Crippen LogP) is 3.78. The maximum Gasteiger partial charge on any atom is 0.0656 e. The van der Waals surface area contributed by atoms with E-state index in [0.717, 1.165) is 24.7 Å². The first-order valence-corrected chi connectivity index (χ1v) is 6.81. The van der Waals surface area contributed by atoms with Crippen molar-refractivity contribution < 1.29 is 5.11 Å². The molecular weight excluding hydrogens is 196 g/mol. The van der Waals surface area contributed by atoms with Crippen molar-refractivity contribution >= 4 is 0 Å². The summed E-state index contributed by atoms with van der Waals surface area (Å²) in [5.41, 5.74) is 1.08. The second kappa shape index (κ2) is 4.18. The Morgan fingerprint density at radius 3 is 2.75 bits per heavy atom. The van der Waals surface area contributed by atoms with Crippen LogP contribution in [0.5, 0.6) is 0 Å². The van der Waals surface area contributed by atoms with Crippen molar-refractivity contribution in [3.63, 3.8) is 0 Å². The van der Waals surface area contributed by atoms with Gasteiger partial charge >= 0.3 is 0 Å². The fourth-order valence-electron chi connectivity index (χ4n) is 3.70. The molecule has 1 saturated carbocycles. The van der Waals surface area contributed by atoms with Crippen LogP contribution in [0.3, 0.4) is 0 Å². The van der Waals surface area contributed by atoms with Crippen molar-refractivity contribution in [2.75, 3.05) is 0 Å². The van der Waals surface area contributed by atoms with Gasteiger partial charge in [-0.1, -0.05) is 25.5 Å². The second-order valence-corrected chi connectivity index (χ2v) is 6.53. The van der Waals surface area contributed by atoms with E-state index in [1.807, 2.05) is 0 Å². The molecule has 0 unspecified atom stereocenters. The van der Waals surface area contributed by atoms with E-state index in [2.05, 4.69) is 33.8 Å². The maximum atomic E-state index is 10.6. The van der Waals surface area contributed by atoms with Gasteiger partial charge in [0.15, 0.2) is 0 Å². The van der Waals surface area contributed by atoms with Gasteiger partial charge in [0.1, 0.15) is 0 Å². The average molecular weight is 222 g/mol. The zero-order valence-corrected chi connectivity index (χ0v) is 11.2. The maximum absolute atomic E-state index is 10.6. The van der Waals surface area contributed by atoms with Crippen LogP contribution in [0.4, 0.5) is 0 Å². The number of hydrogen-bond acceptors (Lipinski definition) is 1. The molecule has 0 saturated heterocycles. The molecular formula is C15H26O. The van der Waals surface area contributed by atoms with E-state index in [1.54, 1.807) is 0 Å². The highest BCUT2D eigenvalue weighted by Crippen LogP contribution is 2.48. The zero-order valence-electron chi connectivity index (χ0n) is 11.2. The molecule has 2 aliphatic rings. The summed E-state index contributed by atoms with van der Waals surface area (Å²) in [5.74, 6) is 2.67. The molecule has 0 bridgehead atoms. The Morgan fingerprint density at radius 2 is 2.12 bits per heavy atom. The highest BCUT2D eigenvalue weighted by Gasteiger charge is 2.44. The smallest absolute Gasteiger partial charge is 0.0656 e. The van der Waals surface area contributed by atoms with Gasteiger partial charge in [-0.15, -0.1) is 0 Å². The number of hydrogen-bond donors (Lipinski definition) is 1. The Bertz CT molecular complexity index is 288. The lowest BCUT2D eigenvalue weighted by Crippen LogP contribution is -2.35. The first-order valence-electron chi connectivity index (χ1n) is 6.81. The van der Waals surface area contributed by atoms with E-state index in [9.17, 15) is 5.11 Å². The largest absolute Gasteiger partial charge is 0.390 e. The molecule has 0 radical (unpaired) electrons. The lowest BCUT2D eigenvalue weighted by Gasteiger charge is -2.32. The molecule has 0 aromatic carbocycles. The van der Waals surface area contributed by atoms with Crippen LogP contribution < -0.4 is 0 Å². The first-order chi connectivity index (χ1) is 7.42. The van der Waals surface area contributed by atoms with Crippen LogP contribution in [0.2, 0.25) is 0 Å². The van der Waals surface area contributed by atoms with Gasteiger partial charge in [-0.2, -0.15) is 0 Å². The van der Waals surface area contributed by atoms with Gasteiger partial charge in [0, 0.05) is 0 Å². The van der Waals surface area contributed by atoms with E-state index in [1.165, 1.54) is 18.4 Å². The van der Waals surface area contributed by atoms with E-state index in [0.29, 0.717) is 11.8 Å². The predicted molar refractivity (Wildman–Crippen MR) is 68.2 cm³/mol. The molecule has 1 N–H and O–H groups in total. The molecule has 92 valence electrons. The fraction of sp³-hybridized carbons (Fsp3) is 0.867. The summed E-state index contributed by atoms with van der Waals surface area (Å²) >= 11 is 0. The van der Waals surface area contributed by atoms with Gasteiger partial charge in [-0.25, -0.2) is 0 Å². The summed E-state index contributed by atoms with van der Waals surface area (Å²) < 4.78 is 0. The van der Waals surface area contributed by atoms with Crippen LogP contribution in [0.25, 0.3) is 0 Å². The zero-order chi connectivity index (χ0) is 11.9. The average Bonchev–Trinajstić information content (AvgIpc) is 2.47. The van der Waals surface area contributed by atoms with E-state index >= 15 is 0 Å². The minimum absolute atomic E-state index is 0.442. The van der Waals surface area contributed by atoms with Crippen LogP contribution in [0.15, 0.2) is 11.6 Å². The molecule has 0 amide bonds. The topological polar surface area (TPSA) is 20.2 Å². The minimum Gasteiger partial charge on any atom is -0.390 e. The monoisotopic (exact) mass is 222 g/mol. The third-order valence-electron chi connectivity index (χ3n) is 5.08. The highest BCUT2D eigenvalue weighted by atomic mass is 16.3. The molecule has 1 heteroatoms. The van der Waals surface area contributed by atoms with Crippen molar-refractivity contribution in [3.05, 3.63) is 11.6 Å². The summed E-state index contributed by atoms with van der Waals surface area (Å²) in [5, 5.41) is 10.6. The molecule has 4 atom stereocenters. The van der Waals surface area contributed by atoms with Crippen LogP contribution >= 0.6 is 0 Å². The number of allylic oxidation sites excluding steroid dienone is 2. The van der Waals surface area contributed by atoms with E-state index in [4.69, 9.17) is 0 Å². The second-order valence-electron chi connectivity index (χ2n) is 6.53. The standard InChI is InChI=1S/C15H26O/c1-10(2)12-7-8-15(4,16)14-6-5-11(3)13(14)9-12/h5,10,12-14,16H,6-9H2,1-4H3/t12-,13-,14-,15-/m0/s1. The minimum atomic E-state index is -0.442. The van der Waals surface area contributed by atoms with Crippen LogP contribution in [0.1, 0.15) is 53.4 Å². The van der Waals surface area contributed by atoms with Gasteiger partial charge in [0.25, 0.3) is 0 Å². The Kier molecular flexibility index (Phi) is 3.18. The van der Waals surface area contributed by atoms with Gasteiger partial charge in [-0.05, 0) is 63.2 Å². The molecule has 0 spiro atoms. The van der Waals surface area contributed by atoms with Crippen molar-refractivity contribution in [1.29, 1.82) is 0 Å².